The first-order valence-electron chi connectivity index (χ1n) is 4.97. The number of hydrogen-bond donors (Lipinski definition) is 1. The topological polar surface area (TPSA) is 15.3 Å². The lowest BCUT2D eigenvalue weighted by atomic mass is 10.0. The molecule has 1 rings (SSSR count). The predicted octanol–water partition coefficient (Wildman–Crippen LogP) is 1.47. The van der Waals surface area contributed by atoms with Crippen molar-refractivity contribution in [1.82, 2.24) is 10.2 Å². The maximum atomic E-state index is 3.27. The molecule has 0 amide bonds. The smallest absolute Gasteiger partial charge is 0.0226 e. The van der Waals surface area contributed by atoms with Gasteiger partial charge in [-0.2, -0.15) is 0 Å². The SMILES string of the molecule is CNCC1CCCN1C(C)(C)C. The monoisotopic (exact) mass is 170 g/mol. The first-order chi connectivity index (χ1) is 5.55. The van der Waals surface area contributed by atoms with Gasteiger partial charge in [0.15, 0.2) is 0 Å². The molecule has 2 nitrogen and oxygen atoms in total. The minimum absolute atomic E-state index is 0.345. The summed E-state index contributed by atoms with van der Waals surface area (Å²) in [7, 11) is 2.04. The average Bonchev–Trinajstić information content (AvgIpc) is 2.34. The van der Waals surface area contributed by atoms with Gasteiger partial charge in [0.2, 0.25) is 0 Å². The van der Waals surface area contributed by atoms with Crippen molar-refractivity contribution in [3.05, 3.63) is 0 Å². The van der Waals surface area contributed by atoms with Crippen LogP contribution in [0.3, 0.4) is 0 Å². The maximum Gasteiger partial charge on any atom is 0.0226 e. The number of rotatable bonds is 2. The Labute approximate surface area is 76.3 Å². The molecular weight excluding hydrogens is 148 g/mol. The molecule has 1 saturated heterocycles. The molecule has 1 atom stereocenters. The summed E-state index contributed by atoms with van der Waals surface area (Å²) in [6.45, 7) is 9.33. The van der Waals surface area contributed by atoms with E-state index < -0.39 is 0 Å². The van der Waals surface area contributed by atoms with E-state index in [2.05, 4.69) is 31.0 Å². The second kappa shape index (κ2) is 3.75. The minimum atomic E-state index is 0.345. The molecule has 1 N–H and O–H groups in total. The number of likely N-dealkylation sites (N-methyl/N-ethyl adjacent to an activating group) is 1. The predicted molar refractivity (Wildman–Crippen MR) is 53.4 cm³/mol. The fourth-order valence-corrected chi connectivity index (χ4v) is 2.17. The first kappa shape index (κ1) is 10.0. The Balaban J connectivity index is 2.52. The summed E-state index contributed by atoms with van der Waals surface area (Å²) < 4.78 is 0. The zero-order valence-electron chi connectivity index (χ0n) is 8.85. The van der Waals surface area contributed by atoms with E-state index in [-0.39, 0.29) is 0 Å². The van der Waals surface area contributed by atoms with Crippen LogP contribution in [0, 0.1) is 0 Å². The van der Waals surface area contributed by atoms with Crippen molar-refractivity contribution in [3.8, 4) is 0 Å². The van der Waals surface area contributed by atoms with Crippen LogP contribution in [0.1, 0.15) is 33.6 Å². The van der Waals surface area contributed by atoms with Crippen LogP contribution in [0.4, 0.5) is 0 Å². The Morgan fingerprint density at radius 2 is 2.08 bits per heavy atom. The Morgan fingerprint density at radius 3 is 2.58 bits per heavy atom. The van der Waals surface area contributed by atoms with Gasteiger partial charge in [0.05, 0.1) is 0 Å². The Kier molecular flexibility index (Phi) is 3.13. The number of likely N-dealkylation sites (tertiary alicyclic amines) is 1. The van der Waals surface area contributed by atoms with E-state index in [1.165, 1.54) is 19.4 Å². The number of nitrogens with zero attached hydrogens (tertiary/aromatic N) is 1. The van der Waals surface area contributed by atoms with Crippen LogP contribution >= 0.6 is 0 Å². The van der Waals surface area contributed by atoms with Gasteiger partial charge in [-0.15, -0.1) is 0 Å². The highest BCUT2D eigenvalue weighted by Crippen LogP contribution is 2.25. The lowest BCUT2D eigenvalue weighted by molar-refractivity contribution is 0.121. The molecule has 2 heteroatoms. The molecule has 0 aromatic rings. The fraction of sp³-hybridized carbons (Fsp3) is 1.00. The second-order valence-electron chi connectivity index (χ2n) is 4.72. The largest absolute Gasteiger partial charge is 0.318 e. The molecule has 0 radical (unpaired) electrons. The molecule has 1 fully saturated rings. The van der Waals surface area contributed by atoms with E-state index in [9.17, 15) is 0 Å². The van der Waals surface area contributed by atoms with Gasteiger partial charge in [-0.25, -0.2) is 0 Å². The average molecular weight is 170 g/mol. The van der Waals surface area contributed by atoms with E-state index in [1.807, 2.05) is 7.05 Å². The lowest BCUT2D eigenvalue weighted by Crippen LogP contribution is -2.47. The number of hydrogen-bond acceptors (Lipinski definition) is 2. The van der Waals surface area contributed by atoms with Crippen LogP contribution in [-0.2, 0) is 0 Å². The van der Waals surface area contributed by atoms with Gasteiger partial charge in [-0.05, 0) is 47.2 Å². The molecule has 0 aromatic heterocycles. The molecule has 0 aromatic carbocycles. The van der Waals surface area contributed by atoms with Crippen LogP contribution in [0.5, 0.6) is 0 Å². The van der Waals surface area contributed by atoms with Crippen LogP contribution in [-0.4, -0.2) is 36.6 Å². The van der Waals surface area contributed by atoms with Crippen molar-refractivity contribution in [3.63, 3.8) is 0 Å². The van der Waals surface area contributed by atoms with Crippen molar-refractivity contribution in [1.29, 1.82) is 0 Å². The summed E-state index contributed by atoms with van der Waals surface area (Å²) >= 11 is 0. The molecule has 1 aliphatic rings. The highest BCUT2D eigenvalue weighted by Gasteiger charge is 2.31. The molecule has 1 unspecified atom stereocenters. The summed E-state index contributed by atoms with van der Waals surface area (Å²) in [4.78, 5) is 2.61. The van der Waals surface area contributed by atoms with Crippen LogP contribution < -0.4 is 5.32 Å². The summed E-state index contributed by atoms with van der Waals surface area (Å²) in [5, 5.41) is 3.27. The third kappa shape index (κ3) is 2.20. The van der Waals surface area contributed by atoms with Gasteiger partial charge < -0.3 is 5.32 Å². The van der Waals surface area contributed by atoms with Crippen molar-refractivity contribution < 1.29 is 0 Å². The molecule has 0 bridgehead atoms. The number of nitrogens with one attached hydrogen (secondary N) is 1. The molecule has 0 saturated carbocycles. The molecule has 0 aliphatic carbocycles. The zero-order valence-corrected chi connectivity index (χ0v) is 8.85. The van der Waals surface area contributed by atoms with E-state index >= 15 is 0 Å². The van der Waals surface area contributed by atoms with Gasteiger partial charge in [-0.3, -0.25) is 4.90 Å². The van der Waals surface area contributed by atoms with E-state index in [1.54, 1.807) is 0 Å². The summed E-state index contributed by atoms with van der Waals surface area (Å²) in [6, 6.07) is 0.759. The molecule has 1 heterocycles. The maximum absolute atomic E-state index is 3.27. The molecule has 1 aliphatic heterocycles. The highest BCUT2D eigenvalue weighted by atomic mass is 15.2. The quantitative estimate of drug-likeness (QED) is 0.675. The van der Waals surface area contributed by atoms with Crippen LogP contribution in [0.2, 0.25) is 0 Å². The van der Waals surface area contributed by atoms with E-state index in [0.717, 1.165) is 12.6 Å². The van der Waals surface area contributed by atoms with E-state index in [4.69, 9.17) is 0 Å². The summed E-state index contributed by atoms with van der Waals surface area (Å²) in [5.74, 6) is 0. The summed E-state index contributed by atoms with van der Waals surface area (Å²) in [5.41, 5.74) is 0.345. The van der Waals surface area contributed by atoms with Crippen molar-refractivity contribution in [2.24, 2.45) is 0 Å². The second-order valence-corrected chi connectivity index (χ2v) is 4.72. The van der Waals surface area contributed by atoms with Crippen LogP contribution in [0.25, 0.3) is 0 Å². The van der Waals surface area contributed by atoms with Crippen LogP contribution in [0.15, 0.2) is 0 Å². The van der Waals surface area contributed by atoms with E-state index in [0.29, 0.717) is 5.54 Å². The molecular formula is C10H22N2. The Morgan fingerprint density at radius 1 is 1.42 bits per heavy atom. The molecule has 12 heavy (non-hydrogen) atoms. The van der Waals surface area contributed by atoms with Gasteiger partial charge in [0, 0.05) is 18.1 Å². The zero-order chi connectivity index (χ0) is 9.19. The standard InChI is InChI=1S/C10H22N2/c1-10(2,3)12-7-5-6-9(12)8-11-4/h9,11H,5-8H2,1-4H3. The first-order valence-corrected chi connectivity index (χ1v) is 4.97. The van der Waals surface area contributed by atoms with Crippen molar-refractivity contribution in [2.45, 2.75) is 45.2 Å². The third-order valence-electron chi connectivity index (χ3n) is 2.68. The van der Waals surface area contributed by atoms with Crippen molar-refractivity contribution >= 4 is 0 Å². The summed E-state index contributed by atoms with van der Waals surface area (Å²) in [6.07, 6.45) is 2.72. The minimum Gasteiger partial charge on any atom is -0.318 e. The van der Waals surface area contributed by atoms with Gasteiger partial charge in [-0.1, -0.05) is 0 Å². The molecule has 72 valence electrons. The Hall–Kier alpha value is -0.0800. The van der Waals surface area contributed by atoms with Crippen molar-refractivity contribution in [2.75, 3.05) is 20.1 Å². The van der Waals surface area contributed by atoms with Gasteiger partial charge in [0.1, 0.15) is 0 Å². The fourth-order valence-electron chi connectivity index (χ4n) is 2.17. The third-order valence-corrected chi connectivity index (χ3v) is 2.68. The normalized spacial score (nSPS) is 26.5. The van der Waals surface area contributed by atoms with Gasteiger partial charge >= 0.3 is 0 Å². The Bertz CT molecular complexity index is 137. The lowest BCUT2D eigenvalue weighted by Gasteiger charge is -2.36. The van der Waals surface area contributed by atoms with Gasteiger partial charge in [0.25, 0.3) is 0 Å². The molecule has 0 spiro atoms. The highest BCUT2D eigenvalue weighted by molar-refractivity contribution is 4.88.